The molecule has 8 heteroatoms. The number of anilines is 1. The molecule has 2 aromatic heterocycles. The highest BCUT2D eigenvalue weighted by Gasteiger charge is 2.14. The van der Waals surface area contributed by atoms with Crippen LogP contribution in [0, 0.1) is 6.92 Å². The normalized spacial score (nSPS) is 10.7. The molecule has 0 unspecified atom stereocenters. The number of nitrogens with zero attached hydrogens (tertiary/aromatic N) is 2. The number of halogens is 1. The second-order valence-electron chi connectivity index (χ2n) is 4.58. The van der Waals surface area contributed by atoms with Gasteiger partial charge in [0.1, 0.15) is 5.76 Å². The molecule has 23 heavy (non-hydrogen) atoms. The molecule has 1 N–H and O–H groups in total. The Hall–Kier alpha value is -2.25. The van der Waals surface area contributed by atoms with Gasteiger partial charge in [-0.3, -0.25) is 4.79 Å². The highest BCUT2D eigenvalue weighted by molar-refractivity contribution is 7.99. The summed E-state index contributed by atoms with van der Waals surface area (Å²) in [6, 6.07) is 8.79. The summed E-state index contributed by atoms with van der Waals surface area (Å²) in [5.41, 5.74) is 1.31. The number of furan rings is 1. The Balaban J connectivity index is 1.59. The zero-order valence-electron chi connectivity index (χ0n) is 12.1. The highest BCUT2D eigenvalue weighted by atomic mass is 35.5. The first kappa shape index (κ1) is 15.6. The van der Waals surface area contributed by atoms with Gasteiger partial charge < -0.3 is 14.2 Å². The molecule has 0 aliphatic rings. The molecule has 1 amide bonds. The van der Waals surface area contributed by atoms with Crippen LogP contribution in [0.25, 0.3) is 11.5 Å². The minimum atomic E-state index is -0.206. The minimum Gasteiger partial charge on any atom is -0.469 e. The van der Waals surface area contributed by atoms with Crippen LogP contribution >= 0.6 is 23.4 Å². The van der Waals surface area contributed by atoms with E-state index in [-0.39, 0.29) is 11.7 Å². The van der Waals surface area contributed by atoms with Gasteiger partial charge in [0.15, 0.2) is 0 Å². The number of carbonyl (C=O) groups excluding carboxylic acids is 1. The lowest BCUT2D eigenvalue weighted by Crippen LogP contribution is -2.14. The molecule has 2 heterocycles. The predicted molar refractivity (Wildman–Crippen MR) is 87.5 cm³/mol. The van der Waals surface area contributed by atoms with Gasteiger partial charge in [-0.2, -0.15) is 0 Å². The zero-order chi connectivity index (χ0) is 16.2. The maximum absolute atomic E-state index is 11.9. The van der Waals surface area contributed by atoms with Crippen LogP contribution in [0.4, 0.5) is 5.69 Å². The Kier molecular flexibility index (Phi) is 4.68. The van der Waals surface area contributed by atoms with Gasteiger partial charge >= 0.3 is 0 Å². The molecule has 0 aliphatic carbocycles. The summed E-state index contributed by atoms with van der Waals surface area (Å²) >= 11 is 7.14. The van der Waals surface area contributed by atoms with E-state index in [0.29, 0.717) is 27.6 Å². The molecule has 0 atom stereocenters. The number of benzene rings is 1. The molecule has 0 saturated carbocycles. The van der Waals surface area contributed by atoms with Crippen molar-refractivity contribution >= 4 is 35.0 Å². The fraction of sp³-hybridized carbons (Fsp3) is 0.133. The summed E-state index contributed by atoms with van der Waals surface area (Å²) < 4.78 is 10.7. The van der Waals surface area contributed by atoms with Gasteiger partial charge in [-0.05, 0) is 25.1 Å². The first-order chi connectivity index (χ1) is 11.1. The molecule has 0 bridgehead atoms. The van der Waals surface area contributed by atoms with E-state index in [1.54, 1.807) is 36.6 Å². The summed E-state index contributed by atoms with van der Waals surface area (Å²) in [5, 5.41) is 11.4. The van der Waals surface area contributed by atoms with Gasteiger partial charge in [0.2, 0.25) is 5.91 Å². The highest BCUT2D eigenvalue weighted by Crippen LogP contribution is 2.26. The van der Waals surface area contributed by atoms with E-state index in [1.165, 1.54) is 0 Å². The molecule has 0 fully saturated rings. The summed E-state index contributed by atoms with van der Waals surface area (Å²) in [4.78, 5) is 11.9. The van der Waals surface area contributed by atoms with E-state index in [1.807, 2.05) is 6.92 Å². The predicted octanol–water partition coefficient (Wildman–Crippen LogP) is 4.02. The van der Waals surface area contributed by atoms with E-state index < -0.39 is 0 Å². The minimum absolute atomic E-state index is 0.136. The number of rotatable bonds is 5. The molecular formula is C15H12ClN3O3S. The van der Waals surface area contributed by atoms with Gasteiger partial charge in [0, 0.05) is 0 Å². The second-order valence-corrected chi connectivity index (χ2v) is 5.91. The Morgan fingerprint density at radius 2 is 2.13 bits per heavy atom. The van der Waals surface area contributed by atoms with Gasteiger partial charge in [-0.1, -0.05) is 35.5 Å². The molecular weight excluding hydrogens is 338 g/mol. The lowest BCUT2D eigenvalue weighted by atomic mass is 10.3. The fourth-order valence-electron chi connectivity index (χ4n) is 1.86. The monoisotopic (exact) mass is 349 g/mol. The molecule has 118 valence electrons. The van der Waals surface area contributed by atoms with Crippen molar-refractivity contribution in [3.63, 3.8) is 0 Å². The van der Waals surface area contributed by atoms with E-state index in [2.05, 4.69) is 15.5 Å². The summed E-state index contributed by atoms with van der Waals surface area (Å²) in [7, 11) is 0. The second kappa shape index (κ2) is 6.89. The number of aryl methyl sites for hydroxylation is 1. The third-order valence-electron chi connectivity index (χ3n) is 2.97. The molecule has 0 aliphatic heterocycles. The number of hydrogen-bond acceptors (Lipinski definition) is 6. The largest absolute Gasteiger partial charge is 0.469 e. The van der Waals surface area contributed by atoms with Crippen LogP contribution in [0.3, 0.4) is 0 Å². The van der Waals surface area contributed by atoms with E-state index in [4.69, 9.17) is 20.4 Å². The lowest BCUT2D eigenvalue weighted by Gasteiger charge is -2.05. The lowest BCUT2D eigenvalue weighted by molar-refractivity contribution is -0.113. The van der Waals surface area contributed by atoms with Crippen molar-refractivity contribution in [3.8, 4) is 11.5 Å². The van der Waals surface area contributed by atoms with E-state index in [9.17, 15) is 4.79 Å². The molecule has 6 nitrogen and oxygen atoms in total. The Bertz CT molecular complexity index is 831. The Labute approximate surface area is 141 Å². The van der Waals surface area contributed by atoms with E-state index in [0.717, 1.165) is 17.3 Å². The zero-order valence-corrected chi connectivity index (χ0v) is 13.6. The van der Waals surface area contributed by atoms with Crippen molar-refractivity contribution in [3.05, 3.63) is 47.4 Å². The summed E-state index contributed by atoms with van der Waals surface area (Å²) in [6.45, 7) is 1.81. The average Bonchev–Trinajstić information content (AvgIpc) is 3.16. The first-order valence-corrected chi connectivity index (χ1v) is 8.05. The van der Waals surface area contributed by atoms with Crippen molar-refractivity contribution < 1.29 is 13.6 Å². The number of thioether (sulfide) groups is 1. The van der Waals surface area contributed by atoms with Gasteiger partial charge in [-0.25, -0.2) is 0 Å². The Morgan fingerprint density at radius 1 is 1.30 bits per heavy atom. The Morgan fingerprint density at radius 3 is 2.87 bits per heavy atom. The quantitative estimate of drug-likeness (QED) is 0.700. The molecule has 0 radical (unpaired) electrons. The number of carbonyl (C=O) groups is 1. The number of amides is 1. The molecule has 1 aromatic carbocycles. The average molecular weight is 350 g/mol. The van der Waals surface area contributed by atoms with Crippen molar-refractivity contribution in [1.29, 1.82) is 0 Å². The maximum Gasteiger partial charge on any atom is 0.277 e. The van der Waals surface area contributed by atoms with Gasteiger partial charge in [0.25, 0.3) is 11.1 Å². The van der Waals surface area contributed by atoms with Crippen LogP contribution < -0.4 is 5.32 Å². The van der Waals surface area contributed by atoms with Crippen LogP contribution in [-0.4, -0.2) is 21.9 Å². The van der Waals surface area contributed by atoms with Crippen LogP contribution in [0.15, 0.2) is 50.7 Å². The van der Waals surface area contributed by atoms with Crippen molar-refractivity contribution in [2.75, 3.05) is 11.1 Å². The summed E-state index contributed by atoms with van der Waals surface area (Å²) in [6.07, 6.45) is 1.55. The smallest absolute Gasteiger partial charge is 0.277 e. The van der Waals surface area contributed by atoms with Crippen LogP contribution in [-0.2, 0) is 4.79 Å². The number of aromatic nitrogens is 2. The van der Waals surface area contributed by atoms with Crippen molar-refractivity contribution in [1.82, 2.24) is 10.2 Å². The third kappa shape index (κ3) is 3.75. The number of para-hydroxylation sites is 1. The standard InChI is InChI=1S/C15H12ClN3O3S/c1-9-10(6-7-21-9)14-18-19-15(22-14)23-8-13(20)17-12-5-3-2-4-11(12)16/h2-7H,8H2,1H3,(H,17,20). The van der Waals surface area contributed by atoms with Crippen molar-refractivity contribution in [2.24, 2.45) is 0 Å². The van der Waals surface area contributed by atoms with E-state index >= 15 is 0 Å². The van der Waals surface area contributed by atoms with Gasteiger partial charge in [-0.15, -0.1) is 10.2 Å². The van der Waals surface area contributed by atoms with Crippen molar-refractivity contribution in [2.45, 2.75) is 12.1 Å². The fourth-order valence-corrected chi connectivity index (χ4v) is 2.61. The van der Waals surface area contributed by atoms with Crippen LogP contribution in [0.1, 0.15) is 5.76 Å². The molecule has 0 saturated heterocycles. The molecule has 3 aromatic rings. The SMILES string of the molecule is Cc1occc1-c1nnc(SCC(=O)Nc2ccccc2Cl)o1. The van der Waals surface area contributed by atoms with Crippen LogP contribution in [0.5, 0.6) is 0 Å². The van der Waals surface area contributed by atoms with Gasteiger partial charge in [0.05, 0.1) is 28.3 Å². The molecule has 0 spiro atoms. The van der Waals surface area contributed by atoms with Crippen LogP contribution in [0.2, 0.25) is 5.02 Å². The topological polar surface area (TPSA) is 81.2 Å². The maximum atomic E-state index is 11.9. The third-order valence-corrected chi connectivity index (χ3v) is 4.12. The number of nitrogens with one attached hydrogen (secondary N) is 1. The number of hydrogen-bond donors (Lipinski definition) is 1. The molecule has 3 rings (SSSR count). The first-order valence-electron chi connectivity index (χ1n) is 6.68. The summed E-state index contributed by atoms with van der Waals surface area (Å²) in [5.74, 6) is 0.992.